The number of carbonyl (C=O) groups is 1. The first-order valence-corrected chi connectivity index (χ1v) is 9.35. The smallest absolute Gasteiger partial charge is 0.267 e. The Bertz CT molecular complexity index is 1020. The maximum atomic E-state index is 12.4. The molecule has 0 unspecified atom stereocenters. The van der Waals surface area contributed by atoms with Gasteiger partial charge in [-0.25, -0.2) is 8.42 Å². The minimum atomic E-state index is -3.93. The summed E-state index contributed by atoms with van der Waals surface area (Å²) in [6, 6.07) is 8.75. The number of nitrogens with one attached hydrogen (secondary N) is 2. The first kappa shape index (κ1) is 17.0. The van der Waals surface area contributed by atoms with E-state index in [2.05, 4.69) is 15.2 Å². The van der Waals surface area contributed by atoms with Crippen LogP contribution in [0.3, 0.4) is 0 Å². The summed E-state index contributed by atoms with van der Waals surface area (Å²) >= 11 is 0.973. The Morgan fingerprint density at radius 3 is 2.72 bits per heavy atom. The second kappa shape index (κ2) is 6.57. The summed E-state index contributed by atoms with van der Waals surface area (Å²) in [5.41, 5.74) is 0.0535. The van der Waals surface area contributed by atoms with Crippen LogP contribution in [0.25, 0.3) is 0 Å². The van der Waals surface area contributed by atoms with Gasteiger partial charge in [-0.1, -0.05) is 17.3 Å². The second-order valence-corrected chi connectivity index (χ2v) is 7.64. The highest BCUT2D eigenvalue weighted by atomic mass is 32.2. The monoisotopic (exact) mass is 379 g/mol. The summed E-state index contributed by atoms with van der Waals surface area (Å²) in [4.78, 5) is 12.3. The Hall–Kier alpha value is -2.85. The van der Waals surface area contributed by atoms with E-state index in [0.717, 1.165) is 11.3 Å². The molecule has 3 N–H and O–H groups in total. The number of thiophene rings is 1. The van der Waals surface area contributed by atoms with Crippen molar-refractivity contribution in [2.45, 2.75) is 11.8 Å². The fraction of sp³-hybridized carbons (Fsp3) is 0.0667. The lowest BCUT2D eigenvalue weighted by Gasteiger charge is -2.07. The summed E-state index contributed by atoms with van der Waals surface area (Å²) in [5, 5.41) is 17.2. The molecule has 0 radical (unpaired) electrons. The van der Waals surface area contributed by atoms with Crippen LogP contribution >= 0.6 is 11.3 Å². The molecule has 0 aliphatic rings. The van der Waals surface area contributed by atoms with Gasteiger partial charge in [-0.2, -0.15) is 0 Å². The number of para-hydroxylation sites is 2. The van der Waals surface area contributed by atoms with Gasteiger partial charge < -0.3 is 14.9 Å². The number of hydrogen-bond acceptors (Lipinski definition) is 7. The summed E-state index contributed by atoms with van der Waals surface area (Å²) in [7, 11) is -3.93. The van der Waals surface area contributed by atoms with Crippen molar-refractivity contribution in [1.29, 1.82) is 0 Å². The van der Waals surface area contributed by atoms with Crippen LogP contribution in [-0.2, 0) is 10.0 Å². The van der Waals surface area contributed by atoms with E-state index in [1.807, 2.05) is 0 Å². The van der Waals surface area contributed by atoms with Crippen molar-refractivity contribution in [2.24, 2.45) is 0 Å². The Balaban J connectivity index is 1.78. The number of aromatic hydroxyl groups is 1. The highest BCUT2D eigenvalue weighted by Gasteiger charge is 2.20. The summed E-state index contributed by atoms with van der Waals surface area (Å²) < 4.78 is 31.9. The van der Waals surface area contributed by atoms with Crippen LogP contribution in [0.5, 0.6) is 5.75 Å². The number of sulfonamides is 1. The van der Waals surface area contributed by atoms with E-state index in [9.17, 15) is 18.3 Å². The molecule has 10 heteroatoms. The number of hydrogen-bond donors (Lipinski definition) is 3. The molecule has 3 rings (SSSR count). The molecule has 0 bridgehead atoms. The number of benzene rings is 1. The fourth-order valence-electron chi connectivity index (χ4n) is 1.95. The van der Waals surface area contributed by atoms with Crippen LogP contribution in [0.15, 0.2) is 51.2 Å². The summed E-state index contributed by atoms with van der Waals surface area (Å²) in [6.45, 7) is 1.68. The Morgan fingerprint density at radius 2 is 2.04 bits per heavy atom. The van der Waals surface area contributed by atoms with Gasteiger partial charge >= 0.3 is 0 Å². The van der Waals surface area contributed by atoms with Gasteiger partial charge in [0.05, 0.1) is 15.5 Å². The third-order valence-corrected chi connectivity index (χ3v) is 5.55. The number of amides is 1. The molecule has 0 fully saturated rings. The molecule has 0 aliphatic carbocycles. The molecule has 0 aliphatic heterocycles. The number of aromatic nitrogens is 1. The lowest BCUT2D eigenvalue weighted by atomic mass is 10.3. The number of phenolic OH excluding ortho intramolecular Hbond substituents is 1. The average molecular weight is 379 g/mol. The first-order chi connectivity index (χ1) is 11.8. The standard InChI is InChI=1S/C15H13N3O5S2/c1-9-6-14(17-23-9)16-15(20)13-7-10(8-24-13)25(21,22)18-11-4-2-3-5-12(11)19/h2-8,18-19H,1H3,(H,16,17,20). The van der Waals surface area contributed by atoms with Crippen LogP contribution in [0, 0.1) is 6.92 Å². The molecule has 0 saturated heterocycles. The van der Waals surface area contributed by atoms with Crippen molar-refractivity contribution in [3.63, 3.8) is 0 Å². The molecule has 2 heterocycles. The van der Waals surface area contributed by atoms with E-state index in [4.69, 9.17) is 4.52 Å². The van der Waals surface area contributed by atoms with Gasteiger partial charge in [0.1, 0.15) is 11.5 Å². The van der Waals surface area contributed by atoms with Gasteiger partial charge in [-0.05, 0) is 25.1 Å². The molecule has 0 atom stereocenters. The predicted octanol–water partition coefficient (Wildman–Crippen LogP) is 2.80. The van der Waals surface area contributed by atoms with E-state index in [0.29, 0.717) is 5.76 Å². The third-order valence-electron chi connectivity index (χ3n) is 3.13. The largest absolute Gasteiger partial charge is 0.506 e. The molecule has 130 valence electrons. The molecule has 8 nitrogen and oxygen atoms in total. The fourth-order valence-corrected chi connectivity index (χ4v) is 4.19. The van der Waals surface area contributed by atoms with Crippen LogP contribution in [0.4, 0.5) is 11.5 Å². The molecule has 25 heavy (non-hydrogen) atoms. The van der Waals surface area contributed by atoms with Gasteiger partial charge in [-0.15, -0.1) is 11.3 Å². The predicted molar refractivity (Wildman–Crippen MR) is 92.4 cm³/mol. The topological polar surface area (TPSA) is 122 Å². The zero-order valence-corrected chi connectivity index (χ0v) is 14.5. The van der Waals surface area contributed by atoms with Crippen molar-refractivity contribution in [3.05, 3.63) is 52.4 Å². The van der Waals surface area contributed by atoms with E-state index in [1.54, 1.807) is 25.1 Å². The van der Waals surface area contributed by atoms with Gasteiger partial charge in [-0.3, -0.25) is 9.52 Å². The number of nitrogens with zero attached hydrogens (tertiary/aromatic N) is 1. The molecular formula is C15H13N3O5S2. The molecule has 0 saturated carbocycles. The average Bonchev–Trinajstić information content (AvgIpc) is 3.19. The van der Waals surface area contributed by atoms with Gasteiger partial charge in [0, 0.05) is 11.4 Å². The van der Waals surface area contributed by atoms with Crippen molar-refractivity contribution in [3.8, 4) is 5.75 Å². The van der Waals surface area contributed by atoms with Crippen molar-refractivity contribution >= 4 is 38.8 Å². The lowest BCUT2D eigenvalue weighted by Crippen LogP contribution is -2.13. The molecule has 0 spiro atoms. The molecule has 3 aromatic rings. The summed E-state index contributed by atoms with van der Waals surface area (Å²) in [5.74, 6) is 0.0900. The van der Waals surface area contributed by atoms with Crippen molar-refractivity contribution in [2.75, 3.05) is 10.0 Å². The summed E-state index contributed by atoms with van der Waals surface area (Å²) in [6.07, 6.45) is 0. The number of rotatable bonds is 5. The molecule has 1 aromatic carbocycles. The van der Waals surface area contributed by atoms with E-state index in [-0.39, 0.29) is 27.0 Å². The minimum absolute atomic E-state index is 0.0535. The number of aryl methyl sites for hydroxylation is 1. The van der Waals surface area contributed by atoms with E-state index in [1.165, 1.54) is 23.6 Å². The third kappa shape index (κ3) is 3.80. The highest BCUT2D eigenvalue weighted by molar-refractivity contribution is 7.92. The number of carbonyl (C=O) groups excluding carboxylic acids is 1. The van der Waals surface area contributed by atoms with E-state index >= 15 is 0 Å². The van der Waals surface area contributed by atoms with Gasteiger partial charge in [0.2, 0.25) is 0 Å². The van der Waals surface area contributed by atoms with E-state index < -0.39 is 15.9 Å². The van der Waals surface area contributed by atoms with Crippen molar-refractivity contribution < 1.29 is 22.8 Å². The van der Waals surface area contributed by atoms with Gasteiger partial charge in [0.15, 0.2) is 5.82 Å². The molecule has 2 aromatic heterocycles. The first-order valence-electron chi connectivity index (χ1n) is 6.99. The Labute approximate surface area is 147 Å². The minimum Gasteiger partial charge on any atom is -0.506 e. The second-order valence-electron chi connectivity index (χ2n) is 5.05. The van der Waals surface area contributed by atoms with Crippen LogP contribution < -0.4 is 10.0 Å². The lowest BCUT2D eigenvalue weighted by molar-refractivity contribution is 0.102. The number of phenols is 1. The Morgan fingerprint density at radius 1 is 1.28 bits per heavy atom. The molecular weight excluding hydrogens is 366 g/mol. The number of anilines is 2. The quantitative estimate of drug-likeness (QED) is 0.586. The van der Waals surface area contributed by atoms with Gasteiger partial charge in [0.25, 0.3) is 15.9 Å². The Kier molecular flexibility index (Phi) is 4.47. The van der Waals surface area contributed by atoms with Crippen molar-refractivity contribution in [1.82, 2.24) is 5.16 Å². The zero-order chi connectivity index (χ0) is 18.0. The zero-order valence-electron chi connectivity index (χ0n) is 12.9. The maximum Gasteiger partial charge on any atom is 0.267 e. The molecule has 1 amide bonds. The van der Waals surface area contributed by atoms with Crippen LogP contribution in [0.2, 0.25) is 0 Å². The van der Waals surface area contributed by atoms with Crippen LogP contribution in [-0.4, -0.2) is 24.6 Å². The normalized spacial score (nSPS) is 11.2. The maximum absolute atomic E-state index is 12.4. The SMILES string of the molecule is Cc1cc(NC(=O)c2cc(S(=O)(=O)Nc3ccccc3O)cs2)no1. The van der Waals surface area contributed by atoms with Crippen LogP contribution in [0.1, 0.15) is 15.4 Å². The highest BCUT2D eigenvalue weighted by Crippen LogP contribution is 2.27.